The van der Waals surface area contributed by atoms with E-state index in [2.05, 4.69) is 34.6 Å². The first-order valence-corrected chi connectivity index (χ1v) is 8.02. The average Bonchev–Trinajstić information content (AvgIpc) is 2.37. The lowest BCUT2D eigenvalue weighted by Gasteiger charge is -2.44. The zero-order chi connectivity index (χ0) is 13.1. The van der Waals surface area contributed by atoms with E-state index in [9.17, 15) is 0 Å². The van der Waals surface area contributed by atoms with Gasteiger partial charge in [-0.3, -0.25) is 0 Å². The Morgan fingerprint density at radius 2 is 1.06 bits per heavy atom. The second kappa shape index (κ2) is 12.0. The first-order valence-electron chi connectivity index (χ1n) is 8.02. The third-order valence-corrected chi connectivity index (χ3v) is 4.40. The summed E-state index contributed by atoms with van der Waals surface area (Å²) in [5.74, 6) is 0. The van der Waals surface area contributed by atoms with E-state index < -0.39 is 0 Å². The first kappa shape index (κ1) is 20.2. The van der Waals surface area contributed by atoms with Crippen LogP contribution in [0.3, 0.4) is 0 Å². The van der Waals surface area contributed by atoms with Gasteiger partial charge in [0.25, 0.3) is 0 Å². The van der Waals surface area contributed by atoms with E-state index in [1.165, 1.54) is 69.1 Å². The lowest BCUT2D eigenvalue weighted by atomic mass is 10.1. The monoisotopic (exact) mass is 259 g/mol. The maximum Gasteiger partial charge on any atom is 0.0859 e. The van der Waals surface area contributed by atoms with Gasteiger partial charge in [-0.15, -0.1) is 0 Å². The van der Waals surface area contributed by atoms with Crippen molar-refractivity contribution >= 4 is 0 Å². The molecule has 0 aromatic heterocycles. The Balaban J connectivity index is 0. The Kier molecular flexibility index (Phi) is 13.5. The normalized spacial score (nSPS) is 13.2. The van der Waals surface area contributed by atoms with Crippen LogP contribution < -0.4 is 0 Å². The highest BCUT2D eigenvalue weighted by atomic mass is 16.0. The van der Waals surface area contributed by atoms with Gasteiger partial charge in [-0.2, -0.15) is 0 Å². The molecule has 0 aromatic carbocycles. The van der Waals surface area contributed by atoms with Crippen LogP contribution in [-0.2, 0) is 0 Å². The molecule has 0 aromatic rings. The van der Waals surface area contributed by atoms with Gasteiger partial charge >= 0.3 is 0 Å². The highest BCUT2D eigenvalue weighted by Gasteiger charge is 2.30. The van der Waals surface area contributed by atoms with Gasteiger partial charge in [0.15, 0.2) is 0 Å². The van der Waals surface area contributed by atoms with Crippen molar-refractivity contribution in [3.8, 4) is 0 Å². The molecule has 0 amide bonds. The van der Waals surface area contributed by atoms with Crippen LogP contribution in [-0.4, -0.2) is 35.6 Å². The topological polar surface area (TPSA) is 30.0 Å². The van der Waals surface area contributed by atoms with E-state index in [0.29, 0.717) is 0 Å². The molecule has 0 saturated carbocycles. The standard InChI is InChI=1S/C16H36N.H2O/c1-6-10-13-17(14-11-7-2,15-12-8-3)16(5)9-4;/h16H,6-15H2,1-5H3;1H2/q+1;/p-1. The molecule has 0 bridgehead atoms. The summed E-state index contributed by atoms with van der Waals surface area (Å²) >= 11 is 0. The van der Waals surface area contributed by atoms with Crippen LogP contribution in [0.5, 0.6) is 0 Å². The molecule has 0 rings (SSSR count). The van der Waals surface area contributed by atoms with E-state index in [1.807, 2.05) is 0 Å². The van der Waals surface area contributed by atoms with Crippen molar-refractivity contribution in [3.63, 3.8) is 0 Å². The van der Waals surface area contributed by atoms with Crippen LogP contribution in [0.1, 0.15) is 79.6 Å². The van der Waals surface area contributed by atoms with Gasteiger partial charge in [0, 0.05) is 0 Å². The zero-order valence-corrected chi connectivity index (χ0v) is 13.5. The summed E-state index contributed by atoms with van der Waals surface area (Å²) in [6.45, 7) is 16.0. The summed E-state index contributed by atoms with van der Waals surface area (Å²) in [5.41, 5.74) is 0. The van der Waals surface area contributed by atoms with Crippen molar-refractivity contribution in [2.75, 3.05) is 19.6 Å². The second-order valence-corrected chi connectivity index (χ2v) is 5.71. The molecule has 1 unspecified atom stereocenters. The Morgan fingerprint density at radius 1 is 0.722 bits per heavy atom. The van der Waals surface area contributed by atoms with Crippen molar-refractivity contribution < 1.29 is 9.96 Å². The van der Waals surface area contributed by atoms with Crippen LogP contribution in [0, 0.1) is 0 Å². The van der Waals surface area contributed by atoms with Crippen LogP contribution in [0.25, 0.3) is 0 Å². The summed E-state index contributed by atoms with van der Waals surface area (Å²) < 4.78 is 1.39. The molecule has 1 atom stereocenters. The molecule has 2 heteroatoms. The fourth-order valence-corrected chi connectivity index (χ4v) is 2.80. The molecule has 0 aliphatic carbocycles. The van der Waals surface area contributed by atoms with Gasteiger partial charge < -0.3 is 9.96 Å². The van der Waals surface area contributed by atoms with Gasteiger partial charge in [0.05, 0.1) is 25.7 Å². The lowest BCUT2D eigenvalue weighted by Crippen LogP contribution is -2.55. The summed E-state index contributed by atoms with van der Waals surface area (Å²) in [6.07, 6.45) is 9.56. The van der Waals surface area contributed by atoms with Crippen LogP contribution >= 0.6 is 0 Å². The zero-order valence-electron chi connectivity index (χ0n) is 13.5. The fourth-order valence-electron chi connectivity index (χ4n) is 2.80. The van der Waals surface area contributed by atoms with E-state index in [1.54, 1.807) is 0 Å². The predicted molar refractivity (Wildman–Crippen MR) is 81.3 cm³/mol. The molecule has 0 spiro atoms. The average molecular weight is 259 g/mol. The number of quaternary nitrogens is 1. The molecule has 18 heavy (non-hydrogen) atoms. The van der Waals surface area contributed by atoms with Gasteiger partial charge in [0.2, 0.25) is 0 Å². The Morgan fingerprint density at radius 3 is 1.28 bits per heavy atom. The molecule has 2 nitrogen and oxygen atoms in total. The fraction of sp³-hybridized carbons (Fsp3) is 1.00. The quantitative estimate of drug-likeness (QED) is 0.489. The molecule has 1 N–H and O–H groups in total. The minimum atomic E-state index is 0. The third-order valence-electron chi connectivity index (χ3n) is 4.40. The van der Waals surface area contributed by atoms with Crippen molar-refractivity contribution in [1.29, 1.82) is 0 Å². The Bertz CT molecular complexity index is 149. The van der Waals surface area contributed by atoms with E-state index in [4.69, 9.17) is 0 Å². The van der Waals surface area contributed by atoms with Crippen molar-refractivity contribution in [2.24, 2.45) is 0 Å². The molecular weight excluding hydrogens is 222 g/mol. The highest BCUT2D eigenvalue weighted by molar-refractivity contribution is 4.55. The summed E-state index contributed by atoms with van der Waals surface area (Å²) in [4.78, 5) is 0. The number of hydrogen-bond donors (Lipinski definition) is 0. The van der Waals surface area contributed by atoms with E-state index >= 15 is 0 Å². The molecule has 0 radical (unpaired) electrons. The molecule has 0 saturated heterocycles. The lowest BCUT2D eigenvalue weighted by molar-refractivity contribution is -0.950. The second-order valence-electron chi connectivity index (χ2n) is 5.71. The first-order chi connectivity index (χ1) is 8.16. The minimum Gasteiger partial charge on any atom is -0.870 e. The molecule has 0 heterocycles. The maximum absolute atomic E-state index is 2.47. The van der Waals surface area contributed by atoms with E-state index in [-0.39, 0.29) is 5.48 Å². The number of hydrogen-bond acceptors (Lipinski definition) is 1. The van der Waals surface area contributed by atoms with Crippen LogP contribution in [0.4, 0.5) is 0 Å². The van der Waals surface area contributed by atoms with Gasteiger partial charge in [-0.1, -0.05) is 47.0 Å². The van der Waals surface area contributed by atoms with Crippen LogP contribution in [0.2, 0.25) is 0 Å². The highest BCUT2D eigenvalue weighted by Crippen LogP contribution is 2.21. The third kappa shape index (κ3) is 6.75. The Labute approximate surface area is 116 Å². The summed E-state index contributed by atoms with van der Waals surface area (Å²) in [7, 11) is 0. The van der Waals surface area contributed by atoms with Gasteiger partial charge in [0.1, 0.15) is 0 Å². The number of nitrogens with zero attached hydrogens (tertiary/aromatic N) is 1. The van der Waals surface area contributed by atoms with Crippen molar-refractivity contribution in [3.05, 3.63) is 0 Å². The summed E-state index contributed by atoms with van der Waals surface area (Å²) in [5, 5.41) is 0. The van der Waals surface area contributed by atoms with E-state index in [0.717, 1.165) is 6.04 Å². The minimum absolute atomic E-state index is 0. The largest absolute Gasteiger partial charge is 0.870 e. The maximum atomic E-state index is 2.47. The van der Waals surface area contributed by atoms with Gasteiger partial charge in [-0.05, 0) is 32.6 Å². The molecule has 112 valence electrons. The molecular formula is C16H37NO. The van der Waals surface area contributed by atoms with Crippen molar-refractivity contribution in [2.45, 2.75) is 85.6 Å². The SMILES string of the molecule is CCCC[N+](CCCC)(CCCC)C(C)CC.[OH-]. The number of unbranched alkanes of at least 4 members (excludes halogenated alkanes) is 3. The predicted octanol–water partition coefficient (Wildman–Crippen LogP) is 4.83. The van der Waals surface area contributed by atoms with Gasteiger partial charge in [-0.25, -0.2) is 0 Å². The van der Waals surface area contributed by atoms with Crippen LogP contribution in [0.15, 0.2) is 0 Å². The van der Waals surface area contributed by atoms with Crippen molar-refractivity contribution in [1.82, 2.24) is 0 Å². The molecule has 0 aliphatic rings. The smallest absolute Gasteiger partial charge is 0.0859 e. The number of rotatable bonds is 11. The molecule has 0 fully saturated rings. The summed E-state index contributed by atoms with van der Waals surface area (Å²) in [6, 6.07) is 0.847. The Hall–Kier alpha value is -0.0800. The molecule has 0 aliphatic heterocycles.